The summed E-state index contributed by atoms with van der Waals surface area (Å²) in [5, 5.41) is 88.0. The number of carboxylic acids is 2. The van der Waals surface area contributed by atoms with Crippen molar-refractivity contribution in [1.29, 1.82) is 0 Å². The molecule has 20 heteroatoms. The van der Waals surface area contributed by atoms with Crippen LogP contribution in [0.15, 0.2) is 0 Å². The zero-order chi connectivity index (χ0) is 33.5. The van der Waals surface area contributed by atoms with Crippen LogP contribution in [0, 0.1) is 0 Å². The molecule has 11 N–H and O–H groups in total. The molecule has 44 heavy (non-hydrogen) atoms. The van der Waals surface area contributed by atoms with Gasteiger partial charge < -0.3 is 75.8 Å². The summed E-state index contributed by atoms with van der Waals surface area (Å²) in [7, 11) is 0. The Balaban J connectivity index is 2.33. The van der Waals surface area contributed by atoms with Gasteiger partial charge >= 0.3 is 11.9 Å². The molecule has 0 aliphatic carbocycles. The van der Waals surface area contributed by atoms with E-state index in [2.05, 4.69) is 16.0 Å². The van der Waals surface area contributed by atoms with E-state index >= 15 is 0 Å². The van der Waals surface area contributed by atoms with Gasteiger partial charge in [0.05, 0.1) is 32.0 Å². The van der Waals surface area contributed by atoms with Crippen LogP contribution in [-0.2, 0) is 42.9 Å². The minimum atomic E-state index is -2.81. The van der Waals surface area contributed by atoms with E-state index < -0.39 is 129 Å². The Labute approximate surface area is 249 Å². The van der Waals surface area contributed by atoms with Gasteiger partial charge in [0, 0.05) is 27.2 Å². The number of ether oxygens (including phenoxy) is 4. The van der Waals surface area contributed by atoms with Crippen molar-refractivity contribution in [2.24, 2.45) is 0 Å². The van der Waals surface area contributed by atoms with Crippen molar-refractivity contribution in [1.82, 2.24) is 16.0 Å². The van der Waals surface area contributed by atoms with Gasteiger partial charge in [-0.1, -0.05) is 0 Å². The molecule has 252 valence electrons. The molecule has 2 fully saturated rings. The molecule has 20 nitrogen and oxygen atoms in total. The van der Waals surface area contributed by atoms with Crippen LogP contribution in [-0.4, -0.2) is 163 Å². The van der Waals surface area contributed by atoms with Gasteiger partial charge in [0.2, 0.25) is 17.7 Å². The van der Waals surface area contributed by atoms with Gasteiger partial charge in [-0.2, -0.15) is 0 Å². The molecule has 0 aromatic carbocycles. The molecule has 0 aromatic heterocycles. The SMILES string of the molecule is CC(=O)N[C@H]1[C@@H](OC[C@H](NC(C)=O)C(=O)O)O[C@H](CO[C@]2(C(=O)O)C[C@H](O)[C@@H](NC(C)=O)[C@H]([C@@H](O)[C@H](O)CO)O2)[C@H](O)[C@@H]1O. The van der Waals surface area contributed by atoms with Gasteiger partial charge in [-0.05, 0) is 0 Å². The fourth-order valence-corrected chi connectivity index (χ4v) is 4.70. The molecule has 0 saturated carbocycles. The van der Waals surface area contributed by atoms with E-state index in [1.165, 1.54) is 0 Å². The molecule has 2 aliphatic rings. The van der Waals surface area contributed by atoms with Crippen LogP contribution < -0.4 is 16.0 Å². The maximum atomic E-state index is 12.4. The van der Waals surface area contributed by atoms with Crippen molar-refractivity contribution in [3.05, 3.63) is 0 Å². The largest absolute Gasteiger partial charge is 0.480 e. The molecule has 0 bridgehead atoms. The third-order valence-corrected chi connectivity index (χ3v) is 6.84. The first kappa shape index (κ1) is 37.1. The van der Waals surface area contributed by atoms with E-state index in [0.29, 0.717) is 0 Å². The summed E-state index contributed by atoms with van der Waals surface area (Å²) < 4.78 is 22.0. The van der Waals surface area contributed by atoms with Crippen molar-refractivity contribution in [3.8, 4) is 0 Å². The summed E-state index contributed by atoms with van der Waals surface area (Å²) >= 11 is 0. The maximum absolute atomic E-state index is 12.4. The lowest BCUT2D eigenvalue weighted by atomic mass is 9.88. The van der Waals surface area contributed by atoms with Crippen LogP contribution in [0.3, 0.4) is 0 Å². The number of hydrogen-bond donors (Lipinski definition) is 11. The number of aliphatic hydroxyl groups excluding tert-OH is 6. The molecule has 3 amide bonds. The standard InChI is InChI=1S/C24H39N3O17/c1-8(29)25-11(21(37)38)6-41-22-16(27-10(3)31)19(36)18(35)14(43-22)7-42-24(23(39)40)4-12(32)15(26-9(2)30)20(44-24)17(34)13(33)5-28/h11-20,22,28,32-36H,4-7H2,1-3H3,(H,25,29)(H,26,30)(H,27,31)(H,37,38)(H,39,40)/t11-,12-,13+,14+,15+,16+,17-,18-,19+,20+,22-,24+/m0/s1. The predicted octanol–water partition coefficient (Wildman–Crippen LogP) is -6.29. The Morgan fingerprint density at radius 2 is 1.52 bits per heavy atom. The number of carboxylic acid groups (broad SMARTS) is 2. The molecule has 12 atom stereocenters. The third-order valence-electron chi connectivity index (χ3n) is 6.84. The Kier molecular flexibility index (Phi) is 13.3. The Bertz CT molecular complexity index is 1050. The van der Waals surface area contributed by atoms with Gasteiger partial charge in [-0.25, -0.2) is 9.59 Å². The number of carbonyl (C=O) groups excluding carboxylic acids is 3. The minimum Gasteiger partial charge on any atom is -0.480 e. The lowest BCUT2D eigenvalue weighted by Crippen LogP contribution is -2.69. The van der Waals surface area contributed by atoms with E-state index in [1.54, 1.807) is 0 Å². The van der Waals surface area contributed by atoms with Gasteiger partial charge in [0.25, 0.3) is 5.79 Å². The first-order valence-electron chi connectivity index (χ1n) is 13.3. The second-order valence-corrected chi connectivity index (χ2v) is 10.4. The molecule has 0 spiro atoms. The highest BCUT2D eigenvalue weighted by Gasteiger charge is 2.57. The quantitative estimate of drug-likeness (QED) is 0.0840. The van der Waals surface area contributed by atoms with Crippen molar-refractivity contribution in [2.75, 3.05) is 19.8 Å². The molecule has 2 rings (SSSR count). The molecular formula is C24H39N3O17. The summed E-state index contributed by atoms with van der Waals surface area (Å²) in [5.74, 6) is -8.30. The first-order chi connectivity index (χ1) is 20.4. The third kappa shape index (κ3) is 9.23. The Morgan fingerprint density at radius 1 is 0.932 bits per heavy atom. The molecule has 0 unspecified atom stereocenters. The van der Waals surface area contributed by atoms with E-state index in [0.717, 1.165) is 20.8 Å². The Hall–Kier alpha value is -3.05. The van der Waals surface area contributed by atoms with E-state index in [4.69, 9.17) is 18.9 Å². The van der Waals surface area contributed by atoms with Crippen LogP contribution in [0.4, 0.5) is 0 Å². The highest BCUT2D eigenvalue weighted by molar-refractivity contribution is 5.82. The van der Waals surface area contributed by atoms with Crippen LogP contribution in [0.1, 0.15) is 27.2 Å². The van der Waals surface area contributed by atoms with Crippen LogP contribution in [0.25, 0.3) is 0 Å². The van der Waals surface area contributed by atoms with Crippen LogP contribution >= 0.6 is 0 Å². The van der Waals surface area contributed by atoms with Crippen molar-refractivity contribution >= 4 is 29.7 Å². The summed E-state index contributed by atoms with van der Waals surface area (Å²) in [4.78, 5) is 58.7. The second kappa shape index (κ2) is 15.8. The summed E-state index contributed by atoms with van der Waals surface area (Å²) in [6.07, 6.45) is -15.5. The van der Waals surface area contributed by atoms with Crippen molar-refractivity contribution in [2.45, 2.75) is 100 Å². The number of amides is 3. The lowest BCUT2D eigenvalue weighted by molar-refractivity contribution is -0.330. The fraction of sp³-hybridized carbons (Fsp3) is 0.792. The first-order valence-corrected chi connectivity index (χ1v) is 13.3. The number of rotatable bonds is 14. The van der Waals surface area contributed by atoms with Crippen LogP contribution in [0.2, 0.25) is 0 Å². The topological polar surface area (TPSA) is 320 Å². The molecule has 0 radical (unpaired) electrons. The zero-order valence-electron chi connectivity index (χ0n) is 23.9. The molecule has 2 aliphatic heterocycles. The highest BCUT2D eigenvalue weighted by atomic mass is 16.7. The summed E-state index contributed by atoms with van der Waals surface area (Å²) in [5.41, 5.74) is 0. The Morgan fingerprint density at radius 3 is 2.02 bits per heavy atom. The maximum Gasteiger partial charge on any atom is 0.364 e. The zero-order valence-corrected chi connectivity index (χ0v) is 23.9. The average molecular weight is 642 g/mol. The van der Waals surface area contributed by atoms with Gasteiger partial charge in [-0.15, -0.1) is 0 Å². The summed E-state index contributed by atoms with van der Waals surface area (Å²) in [6.45, 7) is 0.509. The normalized spacial score (nSPS) is 34.2. The van der Waals surface area contributed by atoms with Gasteiger partial charge in [0.15, 0.2) is 12.3 Å². The number of nitrogens with one attached hydrogen (secondary N) is 3. The monoisotopic (exact) mass is 641 g/mol. The van der Waals surface area contributed by atoms with E-state index in [-0.39, 0.29) is 0 Å². The average Bonchev–Trinajstić information content (AvgIpc) is 2.93. The van der Waals surface area contributed by atoms with E-state index in [9.17, 15) is 64.8 Å². The molecule has 2 heterocycles. The summed E-state index contributed by atoms with van der Waals surface area (Å²) in [6, 6.07) is -4.54. The number of hydrogen-bond acceptors (Lipinski definition) is 15. The van der Waals surface area contributed by atoms with Crippen molar-refractivity contribution in [3.63, 3.8) is 0 Å². The smallest absolute Gasteiger partial charge is 0.364 e. The number of aliphatic hydroxyl groups is 6. The highest BCUT2D eigenvalue weighted by Crippen LogP contribution is 2.34. The van der Waals surface area contributed by atoms with Gasteiger partial charge in [-0.3, -0.25) is 14.4 Å². The predicted molar refractivity (Wildman–Crippen MR) is 138 cm³/mol. The number of aliphatic carboxylic acids is 2. The fourth-order valence-electron chi connectivity index (χ4n) is 4.70. The van der Waals surface area contributed by atoms with Gasteiger partial charge in [0.1, 0.15) is 42.7 Å². The van der Waals surface area contributed by atoms with E-state index in [1.807, 2.05) is 0 Å². The molecule has 2 saturated heterocycles. The lowest BCUT2D eigenvalue weighted by Gasteiger charge is -2.47. The van der Waals surface area contributed by atoms with Crippen LogP contribution in [0.5, 0.6) is 0 Å². The number of carbonyl (C=O) groups is 5. The molecular weight excluding hydrogens is 602 g/mol. The molecule has 0 aromatic rings. The second-order valence-electron chi connectivity index (χ2n) is 10.4. The van der Waals surface area contributed by atoms with Crippen molar-refractivity contribution < 1.29 is 83.8 Å². The minimum absolute atomic E-state index is 0.706.